The summed E-state index contributed by atoms with van der Waals surface area (Å²) in [4.78, 5) is 22.8. The van der Waals surface area contributed by atoms with Crippen LogP contribution in [0, 0.1) is 11.3 Å². The maximum Gasteiger partial charge on any atom is 0.319 e. The van der Waals surface area contributed by atoms with Gasteiger partial charge in [-0.1, -0.05) is 12.1 Å². The molecule has 0 bridgehead atoms. The molecule has 7 heteroatoms. The average Bonchev–Trinajstić information content (AvgIpc) is 3.14. The molecule has 2 amide bonds. The summed E-state index contributed by atoms with van der Waals surface area (Å²) in [7, 11) is 2.09. The van der Waals surface area contributed by atoms with E-state index >= 15 is 0 Å². The molecule has 2 heterocycles. The number of aromatic amines is 1. The largest absolute Gasteiger partial charge is 0.341 e. The van der Waals surface area contributed by atoms with E-state index in [0.29, 0.717) is 11.3 Å². The van der Waals surface area contributed by atoms with Crippen molar-refractivity contribution < 1.29 is 4.79 Å². The zero-order chi connectivity index (χ0) is 19.5. The van der Waals surface area contributed by atoms with Crippen molar-refractivity contribution in [3.8, 4) is 6.07 Å². The standard InChI is InChI=1S/C21H22N6O/c1-27-11-10-16(24-21(28)23-15-8-6-14(13-22)7-9-15)12-19(27)20-25-17-4-2-3-5-18(17)26-20/h2-9,16,19H,10-12H2,1H3,(H,25,26)(H2,23,24,28)/t16?,19-/m1/s1. The second-order valence-electron chi connectivity index (χ2n) is 7.14. The number of nitriles is 1. The molecule has 0 saturated carbocycles. The number of rotatable bonds is 3. The summed E-state index contributed by atoms with van der Waals surface area (Å²) in [5.74, 6) is 0.933. The van der Waals surface area contributed by atoms with Gasteiger partial charge in [-0.2, -0.15) is 5.26 Å². The molecule has 0 spiro atoms. The Kier molecular flexibility index (Phi) is 4.96. The van der Waals surface area contributed by atoms with E-state index < -0.39 is 0 Å². The molecular weight excluding hydrogens is 352 g/mol. The monoisotopic (exact) mass is 374 g/mol. The van der Waals surface area contributed by atoms with Gasteiger partial charge in [0, 0.05) is 18.3 Å². The highest BCUT2D eigenvalue weighted by atomic mass is 16.2. The predicted octanol–water partition coefficient (Wildman–Crippen LogP) is 3.39. The summed E-state index contributed by atoms with van der Waals surface area (Å²) in [6, 6.07) is 16.8. The molecule has 1 fully saturated rings. The van der Waals surface area contributed by atoms with E-state index in [1.165, 1.54) is 0 Å². The SMILES string of the molecule is CN1CCC(NC(=O)Nc2ccc(C#N)cc2)C[C@@H]1c1nc2ccccc2[nH]1. The molecule has 3 aromatic rings. The van der Waals surface area contributed by atoms with Crippen molar-refractivity contribution in [2.75, 3.05) is 18.9 Å². The number of nitrogens with one attached hydrogen (secondary N) is 3. The van der Waals surface area contributed by atoms with Gasteiger partial charge in [-0.05, 0) is 56.3 Å². The minimum absolute atomic E-state index is 0.0628. The van der Waals surface area contributed by atoms with Gasteiger partial charge in [0.15, 0.2) is 0 Å². The molecule has 0 radical (unpaired) electrons. The van der Waals surface area contributed by atoms with Crippen LogP contribution in [0.4, 0.5) is 10.5 Å². The summed E-state index contributed by atoms with van der Waals surface area (Å²) in [5, 5.41) is 14.7. The summed E-state index contributed by atoms with van der Waals surface area (Å²) in [6.07, 6.45) is 1.67. The number of hydrogen-bond donors (Lipinski definition) is 3. The number of anilines is 1. The number of imidazole rings is 1. The maximum absolute atomic E-state index is 12.4. The van der Waals surface area contributed by atoms with Gasteiger partial charge in [0.2, 0.25) is 0 Å². The van der Waals surface area contributed by atoms with Crippen molar-refractivity contribution >= 4 is 22.8 Å². The molecule has 1 aliphatic rings. The summed E-state index contributed by atoms with van der Waals surface area (Å²) < 4.78 is 0. The van der Waals surface area contributed by atoms with Crippen LogP contribution in [-0.4, -0.2) is 40.5 Å². The van der Waals surface area contributed by atoms with Crippen LogP contribution in [0.2, 0.25) is 0 Å². The normalized spacial score (nSPS) is 19.9. The number of carbonyl (C=O) groups is 1. The molecule has 3 N–H and O–H groups in total. The number of H-pyrrole nitrogens is 1. The van der Waals surface area contributed by atoms with Crippen LogP contribution in [0.5, 0.6) is 0 Å². The lowest BCUT2D eigenvalue weighted by molar-refractivity contribution is 0.153. The number of para-hydroxylation sites is 2. The first-order valence-corrected chi connectivity index (χ1v) is 9.35. The Balaban J connectivity index is 1.41. The summed E-state index contributed by atoms with van der Waals surface area (Å²) >= 11 is 0. The number of hydrogen-bond acceptors (Lipinski definition) is 4. The highest BCUT2D eigenvalue weighted by molar-refractivity contribution is 5.89. The van der Waals surface area contributed by atoms with Crippen molar-refractivity contribution in [3.05, 3.63) is 59.9 Å². The molecule has 1 aromatic heterocycles. The van der Waals surface area contributed by atoms with Crippen LogP contribution >= 0.6 is 0 Å². The van der Waals surface area contributed by atoms with Crippen molar-refractivity contribution in [3.63, 3.8) is 0 Å². The number of aromatic nitrogens is 2. The first-order chi connectivity index (χ1) is 13.6. The number of nitrogens with zero attached hydrogens (tertiary/aromatic N) is 3. The number of amides is 2. The highest BCUT2D eigenvalue weighted by Gasteiger charge is 2.30. The lowest BCUT2D eigenvalue weighted by Crippen LogP contribution is -2.46. The first kappa shape index (κ1) is 18.0. The molecule has 0 aliphatic carbocycles. The van der Waals surface area contributed by atoms with E-state index in [-0.39, 0.29) is 18.1 Å². The molecular formula is C21H22N6O. The van der Waals surface area contributed by atoms with E-state index in [4.69, 9.17) is 10.2 Å². The molecule has 2 atom stereocenters. The zero-order valence-corrected chi connectivity index (χ0v) is 15.6. The van der Waals surface area contributed by atoms with E-state index in [2.05, 4.69) is 33.6 Å². The number of fused-ring (bicyclic) bond motifs is 1. The van der Waals surface area contributed by atoms with Crippen LogP contribution in [-0.2, 0) is 0 Å². The van der Waals surface area contributed by atoms with Gasteiger partial charge in [0.05, 0.1) is 28.7 Å². The van der Waals surface area contributed by atoms with Crippen LogP contribution in [0.15, 0.2) is 48.5 Å². The molecule has 28 heavy (non-hydrogen) atoms. The Morgan fingerprint density at radius 1 is 1.25 bits per heavy atom. The van der Waals surface area contributed by atoms with E-state index in [1.54, 1.807) is 24.3 Å². The summed E-state index contributed by atoms with van der Waals surface area (Å²) in [5.41, 5.74) is 3.22. The van der Waals surface area contributed by atoms with Crippen LogP contribution in [0.25, 0.3) is 11.0 Å². The van der Waals surface area contributed by atoms with Crippen LogP contribution in [0.1, 0.15) is 30.3 Å². The van der Waals surface area contributed by atoms with Crippen LogP contribution in [0.3, 0.4) is 0 Å². The fraction of sp³-hybridized carbons (Fsp3) is 0.286. The Hall–Kier alpha value is -3.37. The fourth-order valence-corrected chi connectivity index (χ4v) is 3.65. The first-order valence-electron chi connectivity index (χ1n) is 9.35. The third-order valence-corrected chi connectivity index (χ3v) is 5.20. The molecule has 142 valence electrons. The number of piperidine rings is 1. The number of carbonyl (C=O) groups excluding carboxylic acids is 1. The van der Waals surface area contributed by atoms with Gasteiger partial charge in [-0.15, -0.1) is 0 Å². The van der Waals surface area contributed by atoms with Crippen molar-refractivity contribution in [2.45, 2.75) is 24.9 Å². The molecule has 1 unspecified atom stereocenters. The fourth-order valence-electron chi connectivity index (χ4n) is 3.65. The second kappa shape index (κ2) is 7.71. The minimum atomic E-state index is -0.234. The van der Waals surface area contributed by atoms with E-state index in [0.717, 1.165) is 36.2 Å². The Labute approximate surface area is 163 Å². The van der Waals surface area contributed by atoms with Crippen molar-refractivity contribution in [1.29, 1.82) is 5.26 Å². The summed E-state index contributed by atoms with van der Waals surface area (Å²) in [6.45, 7) is 0.878. The molecule has 7 nitrogen and oxygen atoms in total. The Bertz CT molecular complexity index is 986. The predicted molar refractivity (Wildman–Crippen MR) is 108 cm³/mol. The highest BCUT2D eigenvalue weighted by Crippen LogP contribution is 2.29. The topological polar surface area (TPSA) is 96.8 Å². The van der Waals surface area contributed by atoms with Gasteiger partial charge in [0.1, 0.15) is 5.82 Å². The quantitative estimate of drug-likeness (QED) is 0.655. The van der Waals surface area contributed by atoms with Gasteiger partial charge in [0.25, 0.3) is 0 Å². The Morgan fingerprint density at radius 2 is 2.04 bits per heavy atom. The zero-order valence-electron chi connectivity index (χ0n) is 15.6. The number of likely N-dealkylation sites (tertiary alicyclic amines) is 1. The third kappa shape index (κ3) is 3.82. The maximum atomic E-state index is 12.4. The van der Waals surface area contributed by atoms with Gasteiger partial charge >= 0.3 is 6.03 Å². The van der Waals surface area contributed by atoms with Crippen molar-refractivity contribution in [2.24, 2.45) is 0 Å². The molecule has 2 aromatic carbocycles. The van der Waals surface area contributed by atoms with E-state index in [1.807, 2.05) is 24.3 Å². The van der Waals surface area contributed by atoms with Crippen molar-refractivity contribution in [1.82, 2.24) is 20.2 Å². The molecule has 4 rings (SSSR count). The van der Waals surface area contributed by atoms with Gasteiger partial charge < -0.3 is 15.6 Å². The smallest absolute Gasteiger partial charge is 0.319 e. The van der Waals surface area contributed by atoms with Gasteiger partial charge in [-0.3, -0.25) is 4.90 Å². The number of benzene rings is 2. The third-order valence-electron chi connectivity index (χ3n) is 5.20. The van der Waals surface area contributed by atoms with Crippen LogP contribution < -0.4 is 10.6 Å². The van der Waals surface area contributed by atoms with Gasteiger partial charge in [-0.25, -0.2) is 9.78 Å². The molecule has 1 saturated heterocycles. The lowest BCUT2D eigenvalue weighted by atomic mass is 9.97. The number of urea groups is 1. The average molecular weight is 374 g/mol. The molecule has 1 aliphatic heterocycles. The van der Waals surface area contributed by atoms with E-state index in [9.17, 15) is 4.79 Å². The Morgan fingerprint density at radius 3 is 2.79 bits per heavy atom. The lowest BCUT2D eigenvalue weighted by Gasteiger charge is -2.36. The minimum Gasteiger partial charge on any atom is -0.341 e. The second-order valence-corrected chi connectivity index (χ2v) is 7.14.